The van der Waals surface area contributed by atoms with Gasteiger partial charge < -0.3 is 19.5 Å². The van der Waals surface area contributed by atoms with Crippen LogP contribution < -0.4 is 10.1 Å². The molecule has 0 radical (unpaired) electrons. The van der Waals surface area contributed by atoms with Crippen molar-refractivity contribution in [3.8, 4) is 17.1 Å². The van der Waals surface area contributed by atoms with Crippen LogP contribution in [0.2, 0.25) is 0 Å². The van der Waals surface area contributed by atoms with Crippen LogP contribution in [-0.4, -0.2) is 54.2 Å². The summed E-state index contributed by atoms with van der Waals surface area (Å²) < 4.78 is 10.4. The average Bonchev–Trinajstić information content (AvgIpc) is 3.15. The number of ether oxygens (including phenoxy) is 1. The van der Waals surface area contributed by atoms with Gasteiger partial charge in [0.25, 0.3) is 0 Å². The first kappa shape index (κ1) is 20.3. The number of likely N-dealkylation sites (tertiary alicyclic amines) is 1. The summed E-state index contributed by atoms with van der Waals surface area (Å²) in [6, 6.07) is 7.40. The van der Waals surface area contributed by atoms with Crippen LogP contribution in [0.3, 0.4) is 0 Å². The summed E-state index contributed by atoms with van der Waals surface area (Å²) in [7, 11) is 1.62. The van der Waals surface area contributed by atoms with Crippen LogP contribution in [0, 0.1) is 11.8 Å². The number of rotatable bonds is 8. The quantitative estimate of drug-likeness (QED) is 0.751. The predicted molar refractivity (Wildman–Crippen MR) is 107 cm³/mol. The fraction of sp³-hybridized carbons (Fsp3) is 0.571. The van der Waals surface area contributed by atoms with E-state index >= 15 is 0 Å². The highest BCUT2D eigenvalue weighted by Gasteiger charge is 2.20. The molecule has 3 rings (SSSR count). The van der Waals surface area contributed by atoms with Crippen molar-refractivity contribution in [1.29, 1.82) is 0 Å². The maximum atomic E-state index is 12.2. The highest BCUT2D eigenvalue weighted by atomic mass is 16.5. The van der Waals surface area contributed by atoms with Crippen LogP contribution in [0.4, 0.5) is 0 Å². The summed E-state index contributed by atoms with van der Waals surface area (Å²) in [5, 5.41) is 6.98. The molecule has 7 heteroatoms. The van der Waals surface area contributed by atoms with Crippen molar-refractivity contribution in [3.05, 3.63) is 30.2 Å². The standard InChI is InChI=1S/C21H30N4O3/c1-15(2)14-25-10-8-16(9-11-25)13-22-19(26)12-20-23-21(24-28-20)17-4-6-18(27-3)7-5-17/h4-7,15-16H,8-14H2,1-3H3,(H,22,26). The zero-order chi connectivity index (χ0) is 19.9. The van der Waals surface area contributed by atoms with Crippen LogP contribution in [0.15, 0.2) is 28.8 Å². The number of hydrogen-bond donors (Lipinski definition) is 1. The van der Waals surface area contributed by atoms with Crippen molar-refractivity contribution in [1.82, 2.24) is 20.4 Å². The summed E-state index contributed by atoms with van der Waals surface area (Å²) in [4.78, 5) is 19.1. The van der Waals surface area contributed by atoms with Gasteiger partial charge in [-0.1, -0.05) is 19.0 Å². The lowest BCUT2D eigenvalue weighted by molar-refractivity contribution is -0.121. The molecule has 0 aliphatic carbocycles. The molecule has 1 aliphatic rings. The minimum atomic E-state index is -0.0745. The van der Waals surface area contributed by atoms with Crippen molar-refractivity contribution in [2.75, 3.05) is 33.3 Å². The minimum Gasteiger partial charge on any atom is -0.497 e. The molecule has 0 unspecified atom stereocenters. The molecule has 7 nitrogen and oxygen atoms in total. The van der Waals surface area contributed by atoms with Crippen molar-refractivity contribution in [3.63, 3.8) is 0 Å². The molecule has 28 heavy (non-hydrogen) atoms. The van der Waals surface area contributed by atoms with Gasteiger partial charge in [0.05, 0.1) is 7.11 Å². The Bertz CT molecular complexity index is 749. The smallest absolute Gasteiger partial charge is 0.236 e. The number of piperidine rings is 1. The van der Waals surface area contributed by atoms with Gasteiger partial charge in [0.2, 0.25) is 17.6 Å². The van der Waals surface area contributed by atoms with E-state index in [4.69, 9.17) is 9.26 Å². The molecule has 1 fully saturated rings. The van der Waals surface area contributed by atoms with Crippen molar-refractivity contribution >= 4 is 5.91 Å². The van der Waals surface area contributed by atoms with Crippen LogP contribution in [0.25, 0.3) is 11.4 Å². The Morgan fingerprint density at radius 2 is 2.00 bits per heavy atom. The molecule has 1 aromatic heterocycles. The molecule has 1 saturated heterocycles. The molecule has 152 valence electrons. The number of nitrogens with one attached hydrogen (secondary N) is 1. The number of methoxy groups -OCH3 is 1. The molecule has 1 aliphatic heterocycles. The third-order valence-electron chi connectivity index (χ3n) is 5.05. The number of nitrogens with zero attached hydrogens (tertiary/aromatic N) is 3. The van der Waals surface area contributed by atoms with E-state index < -0.39 is 0 Å². The molecule has 0 saturated carbocycles. The number of hydrogen-bond acceptors (Lipinski definition) is 6. The van der Waals surface area contributed by atoms with Gasteiger partial charge in [0.15, 0.2) is 0 Å². The second-order valence-electron chi connectivity index (χ2n) is 7.86. The van der Waals surface area contributed by atoms with Crippen LogP contribution in [-0.2, 0) is 11.2 Å². The van der Waals surface area contributed by atoms with E-state index in [0.717, 1.165) is 43.8 Å². The van der Waals surface area contributed by atoms with Gasteiger partial charge in [-0.25, -0.2) is 0 Å². The van der Waals surface area contributed by atoms with Crippen molar-refractivity contribution < 1.29 is 14.1 Å². The van der Waals surface area contributed by atoms with Gasteiger partial charge in [0, 0.05) is 18.7 Å². The minimum absolute atomic E-state index is 0.0745. The third kappa shape index (κ3) is 5.79. The monoisotopic (exact) mass is 386 g/mol. The summed E-state index contributed by atoms with van der Waals surface area (Å²) in [6.45, 7) is 8.62. The largest absolute Gasteiger partial charge is 0.497 e. The van der Waals surface area contributed by atoms with Gasteiger partial charge in [-0.2, -0.15) is 4.98 Å². The first-order valence-corrected chi connectivity index (χ1v) is 9.99. The van der Waals surface area contributed by atoms with Gasteiger partial charge in [0.1, 0.15) is 12.2 Å². The van der Waals surface area contributed by atoms with Crippen LogP contribution in [0.5, 0.6) is 5.75 Å². The van der Waals surface area contributed by atoms with Gasteiger partial charge in [-0.05, 0) is 62.0 Å². The van der Waals surface area contributed by atoms with E-state index in [2.05, 4.69) is 34.2 Å². The highest BCUT2D eigenvalue weighted by Crippen LogP contribution is 2.20. The highest BCUT2D eigenvalue weighted by molar-refractivity contribution is 5.77. The predicted octanol–water partition coefficient (Wildman–Crippen LogP) is 2.77. The first-order valence-electron chi connectivity index (χ1n) is 9.99. The normalized spacial score (nSPS) is 15.7. The molecular weight excluding hydrogens is 356 g/mol. The van der Waals surface area contributed by atoms with E-state index in [-0.39, 0.29) is 12.3 Å². The lowest BCUT2D eigenvalue weighted by Crippen LogP contribution is -2.40. The topological polar surface area (TPSA) is 80.5 Å². The second kappa shape index (κ2) is 9.68. The molecule has 0 bridgehead atoms. The van der Waals surface area contributed by atoms with Gasteiger partial charge in [-0.15, -0.1) is 0 Å². The van der Waals surface area contributed by atoms with Crippen molar-refractivity contribution in [2.45, 2.75) is 33.1 Å². The number of amides is 1. The number of carbonyl (C=O) groups is 1. The Kier molecular flexibility index (Phi) is 7.03. The fourth-order valence-corrected chi connectivity index (χ4v) is 3.53. The first-order chi connectivity index (χ1) is 13.5. The Hall–Kier alpha value is -2.41. The molecule has 2 heterocycles. The number of benzene rings is 1. The zero-order valence-electron chi connectivity index (χ0n) is 17.0. The molecule has 2 aromatic rings. The lowest BCUT2D eigenvalue weighted by atomic mass is 9.96. The van der Waals surface area contributed by atoms with E-state index in [1.807, 2.05) is 24.3 Å². The molecule has 1 aromatic carbocycles. The molecule has 1 amide bonds. The van der Waals surface area contributed by atoms with Gasteiger partial charge >= 0.3 is 0 Å². The number of carbonyl (C=O) groups excluding carboxylic acids is 1. The average molecular weight is 386 g/mol. The van der Waals surface area contributed by atoms with Crippen LogP contribution >= 0.6 is 0 Å². The van der Waals surface area contributed by atoms with E-state index in [1.54, 1.807) is 7.11 Å². The molecular formula is C21H30N4O3. The summed E-state index contributed by atoms with van der Waals surface area (Å²) in [6.07, 6.45) is 2.37. The Morgan fingerprint density at radius 3 is 2.64 bits per heavy atom. The van der Waals surface area contributed by atoms with E-state index in [1.165, 1.54) is 0 Å². The lowest BCUT2D eigenvalue weighted by Gasteiger charge is -2.33. The Morgan fingerprint density at radius 1 is 1.29 bits per heavy atom. The third-order valence-corrected chi connectivity index (χ3v) is 5.05. The summed E-state index contributed by atoms with van der Waals surface area (Å²) in [5.41, 5.74) is 0.823. The zero-order valence-corrected chi connectivity index (χ0v) is 17.0. The summed E-state index contributed by atoms with van der Waals surface area (Å²) >= 11 is 0. The van der Waals surface area contributed by atoms with Crippen molar-refractivity contribution in [2.24, 2.45) is 11.8 Å². The summed E-state index contributed by atoms with van der Waals surface area (Å²) in [5.74, 6) is 2.74. The number of aromatic nitrogens is 2. The van der Waals surface area contributed by atoms with E-state index in [0.29, 0.717) is 30.1 Å². The molecule has 1 N–H and O–H groups in total. The second-order valence-corrected chi connectivity index (χ2v) is 7.86. The maximum absolute atomic E-state index is 12.2. The maximum Gasteiger partial charge on any atom is 0.236 e. The fourth-order valence-electron chi connectivity index (χ4n) is 3.53. The molecule has 0 spiro atoms. The SMILES string of the molecule is COc1ccc(-c2noc(CC(=O)NCC3CCN(CC(C)C)CC3)n2)cc1. The Balaban J connectivity index is 1.42. The molecule has 0 atom stereocenters. The van der Waals surface area contributed by atoms with Gasteiger partial charge in [-0.3, -0.25) is 4.79 Å². The Labute approximate surface area is 166 Å². The van der Waals surface area contributed by atoms with Crippen LogP contribution in [0.1, 0.15) is 32.6 Å². The van der Waals surface area contributed by atoms with E-state index in [9.17, 15) is 4.79 Å².